The van der Waals surface area contributed by atoms with Gasteiger partial charge in [0, 0.05) is 55.9 Å². The molecule has 0 spiro atoms. The second-order valence-corrected chi connectivity index (χ2v) is 9.42. The zero-order chi connectivity index (χ0) is 21.7. The zero-order valence-corrected chi connectivity index (χ0v) is 17.8. The summed E-state index contributed by atoms with van der Waals surface area (Å²) in [5, 5.41) is 12.1. The lowest BCUT2D eigenvalue weighted by molar-refractivity contribution is 0.275. The third-order valence-corrected chi connectivity index (χ3v) is 7.24. The first-order chi connectivity index (χ1) is 14.3. The van der Waals surface area contributed by atoms with E-state index < -0.39 is 10.0 Å². The Labute approximate surface area is 175 Å². The molecule has 30 heavy (non-hydrogen) atoms. The van der Waals surface area contributed by atoms with Gasteiger partial charge in [0.1, 0.15) is 17.4 Å². The fourth-order valence-corrected chi connectivity index (χ4v) is 5.15. The number of nitrogen functional groups attached to an aromatic ring is 1. The molecule has 4 N–H and O–H groups in total. The minimum Gasteiger partial charge on any atom is -0.500 e. The van der Waals surface area contributed by atoms with Crippen molar-refractivity contribution in [3.8, 4) is 0 Å². The monoisotopic (exact) mass is 441 g/mol. The number of aliphatic hydroxyl groups is 1. The van der Waals surface area contributed by atoms with Crippen LogP contribution in [0.15, 0.2) is 23.9 Å². The lowest BCUT2D eigenvalue weighted by atomic mass is 9.98. The summed E-state index contributed by atoms with van der Waals surface area (Å²) in [6.45, 7) is 0.650. The average Bonchev–Trinajstić information content (AvgIpc) is 2.73. The van der Waals surface area contributed by atoms with Crippen LogP contribution in [-0.4, -0.2) is 66.4 Å². The van der Waals surface area contributed by atoms with E-state index in [0.29, 0.717) is 61.6 Å². The van der Waals surface area contributed by atoms with Crippen molar-refractivity contribution in [3.63, 3.8) is 0 Å². The van der Waals surface area contributed by atoms with Crippen molar-refractivity contribution in [2.24, 2.45) is 0 Å². The van der Waals surface area contributed by atoms with Crippen LogP contribution in [0.5, 0.6) is 0 Å². The molecular formula is C19H28FN5O4S. The van der Waals surface area contributed by atoms with Crippen LogP contribution in [0.1, 0.15) is 37.7 Å². The predicted octanol–water partition coefficient (Wildman–Crippen LogP) is 1.65. The standard InChI is InChI=1S/C19H28FN5O4S/c1-29-17-4-3-13(20)11-15(17)16-12-22-19(24-18(16)21)23-14-5-7-25(8-6-14)30(27,28)10-2-9-26/h11-12,14,26H,2-10H2,1H3,(H3,21,22,23,24). The molecule has 1 aromatic heterocycles. The molecule has 1 aromatic rings. The first-order valence-corrected chi connectivity index (χ1v) is 11.6. The van der Waals surface area contributed by atoms with Gasteiger partial charge in [-0.15, -0.1) is 0 Å². The molecule has 0 saturated carbocycles. The number of aliphatic hydroxyl groups excluding tert-OH is 1. The second-order valence-electron chi connectivity index (χ2n) is 7.34. The number of allylic oxidation sites excluding steroid dienone is 4. The maximum absolute atomic E-state index is 13.8. The summed E-state index contributed by atoms with van der Waals surface area (Å²) in [5.41, 5.74) is 7.16. The fourth-order valence-electron chi connectivity index (χ4n) is 3.63. The van der Waals surface area contributed by atoms with Crippen molar-refractivity contribution in [2.45, 2.75) is 38.1 Å². The van der Waals surface area contributed by atoms with Crippen molar-refractivity contribution < 1.29 is 22.7 Å². The molecule has 11 heteroatoms. The molecule has 0 atom stereocenters. The van der Waals surface area contributed by atoms with E-state index >= 15 is 0 Å². The summed E-state index contributed by atoms with van der Waals surface area (Å²) in [5.74, 6) is 0.914. The number of nitrogens with zero attached hydrogens (tertiary/aromatic N) is 3. The molecule has 3 rings (SSSR count). The largest absolute Gasteiger partial charge is 0.500 e. The van der Waals surface area contributed by atoms with Crippen LogP contribution in [0, 0.1) is 0 Å². The smallest absolute Gasteiger partial charge is 0.224 e. The van der Waals surface area contributed by atoms with Crippen LogP contribution in [0.4, 0.5) is 16.2 Å². The molecule has 0 radical (unpaired) electrons. The summed E-state index contributed by atoms with van der Waals surface area (Å²) in [7, 11) is -1.80. The van der Waals surface area contributed by atoms with Crippen molar-refractivity contribution >= 4 is 27.4 Å². The molecule has 2 aliphatic rings. The minimum atomic E-state index is -3.34. The number of ether oxygens (including phenoxy) is 1. The van der Waals surface area contributed by atoms with Crippen LogP contribution >= 0.6 is 0 Å². The number of halogens is 1. The highest BCUT2D eigenvalue weighted by Gasteiger charge is 2.28. The van der Waals surface area contributed by atoms with Crippen LogP contribution in [0.25, 0.3) is 5.57 Å². The molecule has 9 nitrogen and oxygen atoms in total. The Balaban J connectivity index is 1.64. The number of piperidine rings is 1. The van der Waals surface area contributed by atoms with E-state index in [1.807, 2.05) is 0 Å². The Morgan fingerprint density at radius 3 is 2.73 bits per heavy atom. The van der Waals surface area contributed by atoms with Crippen LogP contribution in [0.2, 0.25) is 0 Å². The van der Waals surface area contributed by atoms with Crippen molar-refractivity contribution in [1.82, 2.24) is 14.3 Å². The second kappa shape index (κ2) is 9.71. The van der Waals surface area contributed by atoms with Crippen molar-refractivity contribution in [1.29, 1.82) is 0 Å². The van der Waals surface area contributed by atoms with E-state index in [1.54, 1.807) is 6.20 Å². The maximum Gasteiger partial charge on any atom is 0.224 e. The van der Waals surface area contributed by atoms with Gasteiger partial charge in [-0.2, -0.15) is 4.98 Å². The van der Waals surface area contributed by atoms with Gasteiger partial charge in [0.05, 0.1) is 12.9 Å². The summed E-state index contributed by atoms with van der Waals surface area (Å²) >= 11 is 0. The van der Waals surface area contributed by atoms with E-state index in [-0.39, 0.29) is 36.5 Å². The van der Waals surface area contributed by atoms with Gasteiger partial charge < -0.3 is 20.9 Å². The Morgan fingerprint density at radius 1 is 1.37 bits per heavy atom. The highest BCUT2D eigenvalue weighted by Crippen LogP contribution is 2.33. The number of nitrogens with two attached hydrogens (primary N) is 1. The first-order valence-electron chi connectivity index (χ1n) is 9.95. The lowest BCUT2D eigenvalue weighted by Gasteiger charge is -2.31. The van der Waals surface area contributed by atoms with Crippen LogP contribution in [-0.2, 0) is 14.8 Å². The molecule has 1 aliphatic heterocycles. The number of sulfonamides is 1. The summed E-state index contributed by atoms with van der Waals surface area (Å²) in [6.07, 6.45) is 5.14. The molecule has 1 fully saturated rings. The highest BCUT2D eigenvalue weighted by atomic mass is 32.2. The summed E-state index contributed by atoms with van der Waals surface area (Å²) in [4.78, 5) is 8.61. The topological polar surface area (TPSA) is 131 Å². The normalized spacial score (nSPS) is 19.0. The SMILES string of the molecule is COC1=C(c2cnc(NC3CCN(S(=O)(=O)CCCO)CC3)nc2N)C=C(F)CC1. The molecular weight excluding hydrogens is 413 g/mol. The molecule has 1 aliphatic carbocycles. The predicted molar refractivity (Wildman–Crippen MR) is 113 cm³/mol. The molecule has 0 aromatic carbocycles. The van der Waals surface area contributed by atoms with Gasteiger partial charge in [-0.1, -0.05) is 0 Å². The third kappa shape index (κ3) is 5.27. The van der Waals surface area contributed by atoms with E-state index in [4.69, 9.17) is 15.6 Å². The molecule has 0 bridgehead atoms. The van der Waals surface area contributed by atoms with Crippen molar-refractivity contribution in [2.75, 3.05) is 43.6 Å². The average molecular weight is 442 g/mol. The number of hydrogen-bond donors (Lipinski definition) is 3. The summed E-state index contributed by atoms with van der Waals surface area (Å²) < 4.78 is 45.0. The number of anilines is 2. The Hall–Kier alpha value is -2.24. The van der Waals surface area contributed by atoms with E-state index in [2.05, 4.69) is 15.3 Å². The number of rotatable bonds is 8. The minimum absolute atomic E-state index is 0.0142. The van der Waals surface area contributed by atoms with E-state index in [0.717, 1.165) is 0 Å². The third-order valence-electron chi connectivity index (χ3n) is 5.29. The Bertz CT molecular complexity index is 927. The van der Waals surface area contributed by atoms with Crippen LogP contribution < -0.4 is 11.1 Å². The zero-order valence-electron chi connectivity index (χ0n) is 17.0. The summed E-state index contributed by atoms with van der Waals surface area (Å²) in [6, 6.07) is 0.0142. The lowest BCUT2D eigenvalue weighted by Crippen LogP contribution is -2.43. The Kier molecular flexibility index (Phi) is 7.27. The Morgan fingerprint density at radius 2 is 2.10 bits per heavy atom. The fraction of sp³-hybridized carbons (Fsp3) is 0.579. The maximum atomic E-state index is 13.8. The number of aromatic nitrogens is 2. The van der Waals surface area contributed by atoms with E-state index in [1.165, 1.54) is 17.5 Å². The van der Waals surface area contributed by atoms with Gasteiger partial charge in [-0.25, -0.2) is 22.1 Å². The van der Waals surface area contributed by atoms with Gasteiger partial charge in [0.25, 0.3) is 0 Å². The molecule has 166 valence electrons. The highest BCUT2D eigenvalue weighted by molar-refractivity contribution is 7.89. The van der Waals surface area contributed by atoms with Gasteiger partial charge >= 0.3 is 0 Å². The number of nitrogens with one attached hydrogen (secondary N) is 1. The first kappa shape index (κ1) is 22.4. The van der Waals surface area contributed by atoms with Gasteiger partial charge in [0.2, 0.25) is 16.0 Å². The number of methoxy groups -OCH3 is 1. The molecule has 2 heterocycles. The van der Waals surface area contributed by atoms with E-state index in [9.17, 15) is 12.8 Å². The van der Waals surface area contributed by atoms with Gasteiger partial charge in [-0.3, -0.25) is 0 Å². The van der Waals surface area contributed by atoms with Crippen LogP contribution in [0.3, 0.4) is 0 Å². The molecule has 1 saturated heterocycles. The van der Waals surface area contributed by atoms with Crippen molar-refractivity contribution in [3.05, 3.63) is 29.4 Å². The molecule has 0 amide bonds. The number of hydrogen-bond acceptors (Lipinski definition) is 8. The van der Waals surface area contributed by atoms with Gasteiger partial charge in [0.15, 0.2) is 0 Å². The van der Waals surface area contributed by atoms with Gasteiger partial charge in [-0.05, 0) is 25.3 Å². The molecule has 0 unspecified atom stereocenters. The quantitative estimate of drug-likeness (QED) is 0.555.